The minimum absolute atomic E-state index is 0.137. The van der Waals surface area contributed by atoms with E-state index in [1.54, 1.807) is 17.5 Å². The molecule has 0 amide bonds. The Kier molecular flexibility index (Phi) is 4.61. The Labute approximate surface area is 140 Å². The number of benzene rings is 1. The highest BCUT2D eigenvalue weighted by Gasteiger charge is 2.23. The lowest BCUT2D eigenvalue weighted by Crippen LogP contribution is -2.22. The summed E-state index contributed by atoms with van der Waals surface area (Å²) in [7, 11) is -3.50. The molecular weight excluding hydrogens is 334 g/mol. The molecule has 7 heteroatoms. The number of nitrogens with one attached hydrogen (secondary N) is 1. The topological polar surface area (TPSA) is 64.6 Å². The zero-order valence-corrected chi connectivity index (χ0v) is 14.7. The lowest BCUT2D eigenvalue weighted by molar-refractivity contribution is 0.254. The maximum atomic E-state index is 12.2. The van der Waals surface area contributed by atoms with Crippen LogP contribution in [0.2, 0.25) is 0 Å². The van der Waals surface area contributed by atoms with Gasteiger partial charge in [0, 0.05) is 24.1 Å². The van der Waals surface area contributed by atoms with Crippen LogP contribution < -0.4 is 14.2 Å². The maximum Gasteiger partial charge on any atom is 0.250 e. The highest BCUT2D eigenvalue weighted by molar-refractivity contribution is 7.91. The molecule has 1 atom stereocenters. The first kappa shape index (κ1) is 16.3. The predicted octanol–water partition coefficient (Wildman–Crippen LogP) is 2.95. The van der Waals surface area contributed by atoms with E-state index < -0.39 is 10.0 Å². The molecule has 0 saturated carbocycles. The van der Waals surface area contributed by atoms with Gasteiger partial charge < -0.3 is 9.47 Å². The van der Waals surface area contributed by atoms with E-state index in [4.69, 9.17) is 9.47 Å². The van der Waals surface area contributed by atoms with Gasteiger partial charge in [-0.3, -0.25) is 0 Å². The standard InChI is InChI=1S/C16H19NO4S2/c1-3-20-14-8-12-7-11(2)21-15(12)9-13(14)10-17-23(18,19)16-5-4-6-22-16/h4-6,8-9,11,17H,3,7,10H2,1-2H3/t11-/m0/s1. The monoisotopic (exact) mass is 353 g/mol. The Balaban J connectivity index is 1.83. The molecule has 124 valence electrons. The van der Waals surface area contributed by atoms with Gasteiger partial charge in [0.1, 0.15) is 21.8 Å². The van der Waals surface area contributed by atoms with Crippen molar-refractivity contribution in [2.75, 3.05) is 6.61 Å². The summed E-state index contributed by atoms with van der Waals surface area (Å²) in [6.45, 7) is 4.62. The fourth-order valence-corrected chi connectivity index (χ4v) is 4.61. The molecule has 0 bridgehead atoms. The lowest BCUT2D eigenvalue weighted by atomic mass is 10.1. The van der Waals surface area contributed by atoms with E-state index >= 15 is 0 Å². The van der Waals surface area contributed by atoms with Crippen LogP contribution in [0, 0.1) is 0 Å². The van der Waals surface area contributed by atoms with Crippen LogP contribution >= 0.6 is 11.3 Å². The third-order valence-corrected chi connectivity index (χ3v) is 6.39. The predicted molar refractivity (Wildman–Crippen MR) is 89.7 cm³/mol. The third kappa shape index (κ3) is 3.52. The van der Waals surface area contributed by atoms with E-state index in [2.05, 4.69) is 4.72 Å². The second-order valence-electron chi connectivity index (χ2n) is 5.39. The van der Waals surface area contributed by atoms with Crippen molar-refractivity contribution in [1.82, 2.24) is 4.72 Å². The van der Waals surface area contributed by atoms with Crippen LogP contribution in [0.3, 0.4) is 0 Å². The third-order valence-electron chi connectivity index (χ3n) is 3.59. The SMILES string of the molecule is CCOc1cc2c(cc1CNS(=O)(=O)c1cccs1)O[C@@H](C)C2. The van der Waals surface area contributed by atoms with Crippen molar-refractivity contribution in [2.24, 2.45) is 0 Å². The first-order chi connectivity index (χ1) is 11.0. The summed E-state index contributed by atoms with van der Waals surface area (Å²) in [6.07, 6.45) is 0.980. The van der Waals surface area contributed by atoms with E-state index in [0.29, 0.717) is 16.6 Å². The zero-order chi connectivity index (χ0) is 16.4. The Morgan fingerprint density at radius 2 is 2.26 bits per heavy atom. The van der Waals surface area contributed by atoms with Crippen molar-refractivity contribution in [2.45, 2.75) is 37.1 Å². The van der Waals surface area contributed by atoms with E-state index in [0.717, 1.165) is 23.3 Å². The van der Waals surface area contributed by atoms with Gasteiger partial charge in [-0.15, -0.1) is 11.3 Å². The van der Waals surface area contributed by atoms with Gasteiger partial charge in [-0.1, -0.05) is 6.07 Å². The van der Waals surface area contributed by atoms with Crippen molar-refractivity contribution in [3.8, 4) is 11.5 Å². The summed E-state index contributed by atoms with van der Waals surface area (Å²) < 4.78 is 38.9. The number of hydrogen-bond acceptors (Lipinski definition) is 5. The van der Waals surface area contributed by atoms with Crippen LogP contribution in [0.1, 0.15) is 25.0 Å². The fraction of sp³-hybridized carbons (Fsp3) is 0.375. The summed E-state index contributed by atoms with van der Waals surface area (Å²) >= 11 is 1.19. The molecule has 0 spiro atoms. The summed E-state index contributed by atoms with van der Waals surface area (Å²) in [4.78, 5) is 0. The van der Waals surface area contributed by atoms with Crippen molar-refractivity contribution < 1.29 is 17.9 Å². The maximum absolute atomic E-state index is 12.2. The van der Waals surface area contributed by atoms with Gasteiger partial charge in [0.25, 0.3) is 0 Å². The van der Waals surface area contributed by atoms with Crippen LogP contribution in [-0.2, 0) is 23.0 Å². The molecule has 0 fully saturated rings. The second kappa shape index (κ2) is 6.51. The molecule has 0 unspecified atom stereocenters. The van der Waals surface area contributed by atoms with Crippen LogP contribution in [0.25, 0.3) is 0 Å². The lowest BCUT2D eigenvalue weighted by Gasteiger charge is -2.13. The van der Waals surface area contributed by atoms with Crippen LogP contribution in [0.15, 0.2) is 33.9 Å². The molecular formula is C16H19NO4S2. The van der Waals surface area contributed by atoms with Crippen molar-refractivity contribution in [1.29, 1.82) is 0 Å². The number of fused-ring (bicyclic) bond motifs is 1. The molecule has 1 N–H and O–H groups in total. The molecule has 3 rings (SSSR count). The normalized spacial score (nSPS) is 16.9. The van der Waals surface area contributed by atoms with Gasteiger partial charge in [0.15, 0.2) is 0 Å². The largest absolute Gasteiger partial charge is 0.494 e. The van der Waals surface area contributed by atoms with E-state index in [-0.39, 0.29) is 12.6 Å². The Hall–Kier alpha value is -1.57. The Morgan fingerprint density at radius 1 is 1.43 bits per heavy atom. The van der Waals surface area contributed by atoms with Gasteiger partial charge >= 0.3 is 0 Å². The Bertz CT molecular complexity index is 785. The molecule has 1 aliphatic rings. The summed E-state index contributed by atoms with van der Waals surface area (Å²) in [5, 5.41) is 1.74. The summed E-state index contributed by atoms with van der Waals surface area (Å²) in [6, 6.07) is 7.14. The number of rotatable bonds is 6. The van der Waals surface area contributed by atoms with Crippen molar-refractivity contribution in [3.63, 3.8) is 0 Å². The quantitative estimate of drug-likeness (QED) is 0.867. The van der Waals surface area contributed by atoms with Gasteiger partial charge in [-0.2, -0.15) is 0 Å². The zero-order valence-electron chi connectivity index (χ0n) is 13.0. The van der Waals surface area contributed by atoms with Crippen molar-refractivity contribution >= 4 is 21.4 Å². The number of thiophene rings is 1. The molecule has 0 aliphatic carbocycles. The number of ether oxygens (including phenoxy) is 2. The van der Waals surface area contributed by atoms with Gasteiger partial charge in [0.05, 0.1) is 6.61 Å². The minimum atomic E-state index is -3.50. The average Bonchev–Trinajstić information content (AvgIpc) is 3.13. The number of sulfonamides is 1. The smallest absolute Gasteiger partial charge is 0.250 e. The molecule has 0 saturated heterocycles. The highest BCUT2D eigenvalue weighted by atomic mass is 32.2. The van der Waals surface area contributed by atoms with Gasteiger partial charge in [0.2, 0.25) is 10.0 Å². The first-order valence-electron chi connectivity index (χ1n) is 7.48. The molecule has 5 nitrogen and oxygen atoms in total. The number of hydrogen-bond donors (Lipinski definition) is 1. The molecule has 1 aliphatic heterocycles. The highest BCUT2D eigenvalue weighted by Crippen LogP contribution is 2.35. The molecule has 2 aromatic rings. The molecule has 23 heavy (non-hydrogen) atoms. The Morgan fingerprint density at radius 3 is 2.96 bits per heavy atom. The van der Waals surface area contributed by atoms with E-state index in [9.17, 15) is 8.42 Å². The van der Waals surface area contributed by atoms with Gasteiger partial charge in [-0.25, -0.2) is 13.1 Å². The van der Waals surface area contributed by atoms with Gasteiger partial charge in [-0.05, 0) is 37.4 Å². The second-order valence-corrected chi connectivity index (χ2v) is 8.33. The van der Waals surface area contributed by atoms with Crippen molar-refractivity contribution in [3.05, 3.63) is 40.8 Å². The van der Waals surface area contributed by atoms with Crippen LogP contribution in [0.5, 0.6) is 11.5 Å². The minimum Gasteiger partial charge on any atom is -0.494 e. The summed E-state index contributed by atoms with van der Waals surface area (Å²) in [5.74, 6) is 1.52. The summed E-state index contributed by atoms with van der Waals surface area (Å²) in [5.41, 5.74) is 1.88. The molecule has 2 heterocycles. The molecule has 1 aromatic heterocycles. The first-order valence-corrected chi connectivity index (χ1v) is 9.84. The van der Waals surface area contributed by atoms with Crippen LogP contribution in [0.4, 0.5) is 0 Å². The fourth-order valence-electron chi connectivity index (χ4n) is 2.57. The average molecular weight is 353 g/mol. The molecule has 1 aromatic carbocycles. The molecule has 0 radical (unpaired) electrons. The van der Waals surface area contributed by atoms with Crippen LogP contribution in [-0.4, -0.2) is 21.1 Å². The van der Waals surface area contributed by atoms with E-state index in [1.807, 2.05) is 26.0 Å². The van der Waals surface area contributed by atoms with E-state index in [1.165, 1.54) is 11.3 Å².